The average Bonchev–Trinajstić information content (AvgIpc) is 2.47. The van der Waals surface area contributed by atoms with E-state index in [1.165, 1.54) is 13.3 Å². The van der Waals surface area contributed by atoms with E-state index >= 15 is 0 Å². The Labute approximate surface area is 106 Å². The molecule has 0 saturated carbocycles. The molecule has 5 nitrogen and oxygen atoms in total. The first-order valence-corrected chi connectivity index (χ1v) is 5.89. The predicted octanol–water partition coefficient (Wildman–Crippen LogP) is 1.44. The van der Waals surface area contributed by atoms with Gasteiger partial charge >= 0.3 is 0 Å². The van der Waals surface area contributed by atoms with Gasteiger partial charge in [-0.2, -0.15) is 5.26 Å². The third-order valence-electron chi connectivity index (χ3n) is 3.30. The van der Waals surface area contributed by atoms with Crippen LogP contribution >= 0.6 is 0 Å². The Morgan fingerprint density at radius 3 is 2.94 bits per heavy atom. The second-order valence-corrected chi connectivity index (χ2v) is 4.46. The predicted molar refractivity (Wildman–Crippen MR) is 63.8 cm³/mol. The molecule has 5 heteroatoms. The van der Waals surface area contributed by atoms with Crippen molar-refractivity contribution in [3.8, 4) is 11.9 Å². The highest BCUT2D eigenvalue weighted by Crippen LogP contribution is 2.40. The third-order valence-corrected chi connectivity index (χ3v) is 3.30. The van der Waals surface area contributed by atoms with Gasteiger partial charge in [-0.15, -0.1) is 0 Å². The standard InChI is InChI=1S/C13H16N2O3/c1-17-11-4-3-10(7-15-11)12(16)13(8-14)5-2-6-18-9-13/h3-4,7,12,16H,2,5-6,9H2,1H3. The van der Waals surface area contributed by atoms with Crippen molar-refractivity contribution in [2.45, 2.75) is 18.9 Å². The van der Waals surface area contributed by atoms with Crippen LogP contribution in [0.2, 0.25) is 0 Å². The van der Waals surface area contributed by atoms with Gasteiger partial charge in [-0.3, -0.25) is 0 Å². The van der Waals surface area contributed by atoms with Crippen molar-refractivity contribution in [1.29, 1.82) is 5.26 Å². The largest absolute Gasteiger partial charge is 0.481 e. The maximum absolute atomic E-state index is 10.4. The molecule has 1 saturated heterocycles. The Morgan fingerprint density at radius 2 is 2.44 bits per heavy atom. The Morgan fingerprint density at radius 1 is 1.61 bits per heavy atom. The van der Waals surface area contributed by atoms with Crippen molar-refractivity contribution in [3.05, 3.63) is 23.9 Å². The van der Waals surface area contributed by atoms with Gasteiger partial charge in [-0.25, -0.2) is 4.98 Å². The fourth-order valence-electron chi connectivity index (χ4n) is 2.17. The number of ether oxygens (including phenoxy) is 2. The first-order valence-electron chi connectivity index (χ1n) is 5.89. The van der Waals surface area contributed by atoms with Crippen LogP contribution in [-0.2, 0) is 4.74 Å². The summed E-state index contributed by atoms with van der Waals surface area (Å²) in [7, 11) is 1.53. The summed E-state index contributed by atoms with van der Waals surface area (Å²) >= 11 is 0. The number of nitrogens with zero attached hydrogens (tertiary/aromatic N) is 2. The van der Waals surface area contributed by atoms with Crippen LogP contribution in [0.15, 0.2) is 18.3 Å². The summed E-state index contributed by atoms with van der Waals surface area (Å²) in [5.74, 6) is 0.483. The molecule has 1 N–H and O–H groups in total. The molecule has 0 aromatic carbocycles. The number of methoxy groups -OCH3 is 1. The van der Waals surface area contributed by atoms with E-state index in [4.69, 9.17) is 9.47 Å². The highest BCUT2D eigenvalue weighted by molar-refractivity contribution is 5.24. The molecule has 2 rings (SSSR count). The number of hydrogen-bond donors (Lipinski definition) is 1. The van der Waals surface area contributed by atoms with Crippen LogP contribution in [0, 0.1) is 16.7 Å². The zero-order valence-corrected chi connectivity index (χ0v) is 10.3. The van der Waals surface area contributed by atoms with E-state index in [1.807, 2.05) is 0 Å². The SMILES string of the molecule is COc1ccc(C(O)C2(C#N)CCCOC2)cn1. The van der Waals surface area contributed by atoms with E-state index < -0.39 is 11.5 Å². The molecule has 0 bridgehead atoms. The van der Waals surface area contributed by atoms with Crippen LogP contribution in [0.3, 0.4) is 0 Å². The van der Waals surface area contributed by atoms with Gasteiger partial charge in [0, 0.05) is 24.4 Å². The van der Waals surface area contributed by atoms with Crippen LogP contribution in [0.25, 0.3) is 0 Å². The molecule has 1 aliphatic heterocycles. The molecule has 18 heavy (non-hydrogen) atoms. The van der Waals surface area contributed by atoms with Crippen LogP contribution < -0.4 is 4.74 Å². The van der Waals surface area contributed by atoms with Gasteiger partial charge in [0.1, 0.15) is 11.5 Å². The first-order chi connectivity index (χ1) is 8.72. The fraction of sp³-hybridized carbons (Fsp3) is 0.538. The summed E-state index contributed by atoms with van der Waals surface area (Å²) in [6.07, 6.45) is 2.07. The van der Waals surface area contributed by atoms with Crippen molar-refractivity contribution in [2.24, 2.45) is 5.41 Å². The van der Waals surface area contributed by atoms with Crippen LogP contribution in [0.1, 0.15) is 24.5 Å². The number of pyridine rings is 1. The maximum atomic E-state index is 10.4. The molecular formula is C13H16N2O3. The number of nitriles is 1. The third kappa shape index (κ3) is 2.30. The summed E-state index contributed by atoms with van der Waals surface area (Å²) in [5.41, 5.74) is -0.253. The number of aliphatic hydroxyl groups excluding tert-OH is 1. The van der Waals surface area contributed by atoms with Crippen LogP contribution in [-0.4, -0.2) is 30.4 Å². The second-order valence-electron chi connectivity index (χ2n) is 4.46. The number of aromatic nitrogens is 1. The molecule has 1 aromatic heterocycles. The highest BCUT2D eigenvalue weighted by atomic mass is 16.5. The van der Waals surface area contributed by atoms with Crippen molar-refractivity contribution >= 4 is 0 Å². The molecule has 0 aliphatic carbocycles. The van der Waals surface area contributed by atoms with E-state index in [2.05, 4.69) is 11.1 Å². The molecule has 2 heterocycles. The summed E-state index contributed by atoms with van der Waals surface area (Å²) in [5, 5.41) is 19.7. The lowest BCUT2D eigenvalue weighted by Crippen LogP contribution is -2.36. The monoisotopic (exact) mass is 248 g/mol. The molecule has 0 radical (unpaired) electrons. The van der Waals surface area contributed by atoms with Gasteiger partial charge in [0.2, 0.25) is 5.88 Å². The van der Waals surface area contributed by atoms with Crippen molar-refractivity contribution in [1.82, 2.24) is 4.98 Å². The van der Waals surface area contributed by atoms with Crippen molar-refractivity contribution in [2.75, 3.05) is 20.3 Å². The number of aliphatic hydroxyl groups is 1. The zero-order valence-electron chi connectivity index (χ0n) is 10.3. The Balaban J connectivity index is 2.22. The van der Waals surface area contributed by atoms with Gasteiger partial charge < -0.3 is 14.6 Å². The molecule has 1 aliphatic rings. The smallest absolute Gasteiger partial charge is 0.212 e. The maximum Gasteiger partial charge on any atom is 0.212 e. The second kappa shape index (κ2) is 5.34. The minimum Gasteiger partial charge on any atom is -0.481 e. The van der Waals surface area contributed by atoms with Crippen LogP contribution in [0.5, 0.6) is 5.88 Å². The summed E-state index contributed by atoms with van der Waals surface area (Å²) in [6.45, 7) is 0.910. The fourth-order valence-corrected chi connectivity index (χ4v) is 2.17. The van der Waals surface area contributed by atoms with Crippen molar-refractivity contribution < 1.29 is 14.6 Å². The Bertz CT molecular complexity index is 433. The van der Waals surface area contributed by atoms with Gasteiger partial charge in [0.25, 0.3) is 0 Å². The lowest BCUT2D eigenvalue weighted by Gasteiger charge is -2.34. The summed E-state index contributed by atoms with van der Waals surface area (Å²) in [6, 6.07) is 5.61. The van der Waals surface area contributed by atoms with Gasteiger partial charge in [0.15, 0.2) is 0 Å². The van der Waals surface area contributed by atoms with E-state index in [1.54, 1.807) is 12.1 Å². The van der Waals surface area contributed by atoms with E-state index in [-0.39, 0.29) is 6.61 Å². The normalized spacial score (nSPS) is 25.2. The van der Waals surface area contributed by atoms with E-state index in [9.17, 15) is 10.4 Å². The van der Waals surface area contributed by atoms with Gasteiger partial charge in [-0.05, 0) is 18.9 Å². The lowest BCUT2D eigenvalue weighted by atomic mass is 9.76. The minimum absolute atomic E-state index is 0.261. The van der Waals surface area contributed by atoms with Gasteiger partial charge in [-0.1, -0.05) is 0 Å². The molecule has 2 atom stereocenters. The van der Waals surface area contributed by atoms with E-state index in [0.29, 0.717) is 24.5 Å². The summed E-state index contributed by atoms with van der Waals surface area (Å²) in [4.78, 5) is 4.05. The minimum atomic E-state index is -0.888. The average molecular weight is 248 g/mol. The molecular weight excluding hydrogens is 232 g/mol. The van der Waals surface area contributed by atoms with Crippen molar-refractivity contribution in [3.63, 3.8) is 0 Å². The molecule has 2 unspecified atom stereocenters. The topological polar surface area (TPSA) is 75.4 Å². The molecule has 0 spiro atoms. The lowest BCUT2D eigenvalue weighted by molar-refractivity contribution is -0.0507. The Kier molecular flexibility index (Phi) is 3.80. The summed E-state index contributed by atoms with van der Waals surface area (Å²) < 4.78 is 10.3. The molecule has 0 amide bonds. The quantitative estimate of drug-likeness (QED) is 0.876. The molecule has 1 aromatic rings. The molecule has 1 fully saturated rings. The van der Waals surface area contributed by atoms with Gasteiger partial charge in [0.05, 0.1) is 19.8 Å². The number of rotatable bonds is 3. The van der Waals surface area contributed by atoms with E-state index in [0.717, 1.165) is 6.42 Å². The molecule has 96 valence electrons. The van der Waals surface area contributed by atoms with Crippen LogP contribution in [0.4, 0.5) is 0 Å². The highest BCUT2D eigenvalue weighted by Gasteiger charge is 2.41. The number of hydrogen-bond acceptors (Lipinski definition) is 5. The zero-order chi connectivity index (χ0) is 13.0. The first kappa shape index (κ1) is 12.8. The Hall–Kier alpha value is -1.64.